The second-order valence-corrected chi connectivity index (χ2v) is 6.13. The van der Waals surface area contributed by atoms with Gasteiger partial charge in [-0.2, -0.15) is 0 Å². The monoisotopic (exact) mass is 348 g/mol. The largest absolute Gasteiger partial charge is 0.478 e. The number of benzene rings is 1. The number of pyridine rings is 1. The number of carboxylic acids is 1. The molecule has 0 saturated carbocycles. The Labute approximate surface area is 132 Å². The van der Waals surface area contributed by atoms with E-state index in [4.69, 9.17) is 0 Å². The first-order chi connectivity index (χ1) is 9.86. The SMILES string of the molecule is Cc1cc(Br)ccc1Nc1cc(C(=O)O)cc(C(C)C)n1. The average Bonchev–Trinajstić information content (AvgIpc) is 2.41. The van der Waals surface area contributed by atoms with Crippen molar-refractivity contribution < 1.29 is 9.90 Å². The number of halogens is 1. The van der Waals surface area contributed by atoms with E-state index in [0.717, 1.165) is 21.4 Å². The summed E-state index contributed by atoms with van der Waals surface area (Å²) >= 11 is 3.42. The quantitative estimate of drug-likeness (QED) is 0.839. The van der Waals surface area contributed by atoms with Crippen molar-refractivity contribution >= 4 is 33.4 Å². The molecule has 2 rings (SSSR count). The van der Waals surface area contributed by atoms with Crippen LogP contribution in [0.15, 0.2) is 34.8 Å². The summed E-state index contributed by atoms with van der Waals surface area (Å²) in [7, 11) is 0. The molecule has 0 bridgehead atoms. The number of carboxylic acid groups (broad SMARTS) is 1. The fraction of sp³-hybridized carbons (Fsp3) is 0.250. The van der Waals surface area contributed by atoms with Gasteiger partial charge in [-0.3, -0.25) is 0 Å². The third kappa shape index (κ3) is 3.82. The van der Waals surface area contributed by atoms with E-state index < -0.39 is 5.97 Å². The predicted molar refractivity (Wildman–Crippen MR) is 87.4 cm³/mol. The van der Waals surface area contributed by atoms with Crippen molar-refractivity contribution in [2.45, 2.75) is 26.7 Å². The number of nitrogens with zero attached hydrogens (tertiary/aromatic N) is 1. The number of rotatable bonds is 4. The molecule has 0 radical (unpaired) electrons. The molecule has 2 aromatic rings. The Morgan fingerprint density at radius 3 is 2.57 bits per heavy atom. The van der Waals surface area contributed by atoms with Crippen LogP contribution in [-0.4, -0.2) is 16.1 Å². The first-order valence-electron chi connectivity index (χ1n) is 6.65. The van der Waals surface area contributed by atoms with Gasteiger partial charge in [-0.1, -0.05) is 29.8 Å². The zero-order valence-electron chi connectivity index (χ0n) is 12.1. The Kier molecular flexibility index (Phi) is 4.63. The molecular weight excluding hydrogens is 332 g/mol. The fourth-order valence-electron chi connectivity index (χ4n) is 1.94. The molecule has 0 amide bonds. The summed E-state index contributed by atoms with van der Waals surface area (Å²) < 4.78 is 1.00. The van der Waals surface area contributed by atoms with E-state index in [2.05, 4.69) is 26.2 Å². The first kappa shape index (κ1) is 15.5. The molecule has 0 fully saturated rings. The van der Waals surface area contributed by atoms with Crippen LogP contribution in [0.25, 0.3) is 0 Å². The number of aromatic carboxylic acids is 1. The van der Waals surface area contributed by atoms with E-state index in [0.29, 0.717) is 5.82 Å². The van der Waals surface area contributed by atoms with Crippen molar-refractivity contribution in [3.63, 3.8) is 0 Å². The number of anilines is 2. The summed E-state index contributed by atoms with van der Waals surface area (Å²) in [5.41, 5.74) is 2.96. The lowest BCUT2D eigenvalue weighted by atomic mass is 10.1. The third-order valence-electron chi connectivity index (χ3n) is 3.13. The number of nitrogens with one attached hydrogen (secondary N) is 1. The van der Waals surface area contributed by atoms with E-state index in [9.17, 15) is 9.90 Å². The van der Waals surface area contributed by atoms with Crippen molar-refractivity contribution in [1.29, 1.82) is 0 Å². The smallest absolute Gasteiger partial charge is 0.335 e. The summed E-state index contributed by atoms with van der Waals surface area (Å²) in [4.78, 5) is 15.7. The highest BCUT2D eigenvalue weighted by atomic mass is 79.9. The van der Waals surface area contributed by atoms with Crippen LogP contribution in [-0.2, 0) is 0 Å². The minimum atomic E-state index is -0.949. The van der Waals surface area contributed by atoms with Gasteiger partial charge in [-0.25, -0.2) is 9.78 Å². The number of hydrogen-bond acceptors (Lipinski definition) is 3. The Morgan fingerprint density at radius 2 is 2.00 bits per heavy atom. The molecule has 0 aliphatic carbocycles. The molecule has 21 heavy (non-hydrogen) atoms. The van der Waals surface area contributed by atoms with Crippen LogP contribution in [0.3, 0.4) is 0 Å². The van der Waals surface area contributed by atoms with Crippen LogP contribution in [0.4, 0.5) is 11.5 Å². The highest BCUT2D eigenvalue weighted by Gasteiger charge is 2.11. The van der Waals surface area contributed by atoms with E-state index in [-0.39, 0.29) is 11.5 Å². The minimum Gasteiger partial charge on any atom is -0.478 e. The topological polar surface area (TPSA) is 62.2 Å². The van der Waals surface area contributed by atoms with Crippen LogP contribution in [0.2, 0.25) is 0 Å². The van der Waals surface area contributed by atoms with Gasteiger partial charge in [0.05, 0.1) is 5.56 Å². The van der Waals surface area contributed by atoms with Gasteiger partial charge in [-0.15, -0.1) is 0 Å². The molecule has 0 aliphatic heterocycles. The Morgan fingerprint density at radius 1 is 1.29 bits per heavy atom. The molecule has 4 nitrogen and oxygen atoms in total. The normalized spacial score (nSPS) is 10.7. The molecule has 110 valence electrons. The van der Waals surface area contributed by atoms with Crippen molar-refractivity contribution in [2.75, 3.05) is 5.32 Å². The first-order valence-corrected chi connectivity index (χ1v) is 7.44. The van der Waals surface area contributed by atoms with Crippen molar-refractivity contribution in [1.82, 2.24) is 4.98 Å². The van der Waals surface area contributed by atoms with E-state index in [1.54, 1.807) is 12.1 Å². The number of aromatic nitrogens is 1. The van der Waals surface area contributed by atoms with E-state index in [1.807, 2.05) is 39.0 Å². The number of aryl methyl sites for hydroxylation is 1. The van der Waals surface area contributed by atoms with Crippen LogP contribution >= 0.6 is 15.9 Å². The molecule has 1 heterocycles. The van der Waals surface area contributed by atoms with Gasteiger partial charge in [-0.05, 0) is 48.7 Å². The van der Waals surface area contributed by atoms with Gasteiger partial charge in [0.15, 0.2) is 0 Å². The molecule has 5 heteroatoms. The molecule has 2 N–H and O–H groups in total. The maximum atomic E-state index is 11.2. The third-order valence-corrected chi connectivity index (χ3v) is 3.63. The molecule has 1 aromatic carbocycles. The number of hydrogen-bond donors (Lipinski definition) is 2. The summed E-state index contributed by atoms with van der Waals surface area (Å²) in [5.74, 6) is -0.241. The van der Waals surface area contributed by atoms with Crippen molar-refractivity contribution in [2.24, 2.45) is 0 Å². The van der Waals surface area contributed by atoms with Gasteiger partial charge < -0.3 is 10.4 Å². The second kappa shape index (κ2) is 6.26. The van der Waals surface area contributed by atoms with Gasteiger partial charge >= 0.3 is 5.97 Å². The summed E-state index contributed by atoms with van der Waals surface area (Å²) in [6.45, 7) is 5.96. The van der Waals surface area contributed by atoms with Crippen molar-refractivity contribution in [3.05, 3.63) is 51.6 Å². The van der Waals surface area contributed by atoms with Crippen LogP contribution < -0.4 is 5.32 Å². The zero-order chi connectivity index (χ0) is 15.6. The molecule has 1 aromatic heterocycles. The lowest BCUT2D eigenvalue weighted by Gasteiger charge is -2.13. The van der Waals surface area contributed by atoms with E-state index in [1.165, 1.54) is 0 Å². The molecule has 0 atom stereocenters. The fourth-order valence-corrected chi connectivity index (χ4v) is 2.42. The Hall–Kier alpha value is -1.88. The highest BCUT2D eigenvalue weighted by Crippen LogP contribution is 2.25. The molecule has 0 unspecified atom stereocenters. The standard InChI is InChI=1S/C16H17BrN2O2/c1-9(2)14-7-11(16(20)21)8-15(19-14)18-13-5-4-12(17)6-10(13)3/h4-9H,1-3H3,(H,18,19)(H,20,21). The summed E-state index contributed by atoms with van der Waals surface area (Å²) in [5, 5.41) is 12.4. The average molecular weight is 349 g/mol. The second-order valence-electron chi connectivity index (χ2n) is 5.21. The van der Waals surface area contributed by atoms with Gasteiger partial charge in [0, 0.05) is 15.9 Å². The maximum absolute atomic E-state index is 11.2. The summed E-state index contributed by atoms with van der Waals surface area (Å²) in [6, 6.07) is 9.03. The van der Waals surface area contributed by atoms with Gasteiger partial charge in [0.1, 0.15) is 5.82 Å². The predicted octanol–water partition coefficient (Wildman–Crippen LogP) is 4.72. The summed E-state index contributed by atoms with van der Waals surface area (Å²) in [6.07, 6.45) is 0. The van der Waals surface area contributed by atoms with E-state index >= 15 is 0 Å². The number of carbonyl (C=O) groups is 1. The molecule has 0 spiro atoms. The zero-order valence-corrected chi connectivity index (χ0v) is 13.7. The minimum absolute atomic E-state index is 0.163. The Bertz CT molecular complexity index is 684. The van der Waals surface area contributed by atoms with Crippen LogP contribution in [0, 0.1) is 6.92 Å². The molecule has 0 saturated heterocycles. The van der Waals surface area contributed by atoms with Gasteiger partial charge in [0.2, 0.25) is 0 Å². The van der Waals surface area contributed by atoms with Crippen LogP contribution in [0.1, 0.15) is 41.4 Å². The highest BCUT2D eigenvalue weighted by molar-refractivity contribution is 9.10. The van der Waals surface area contributed by atoms with Crippen LogP contribution in [0.5, 0.6) is 0 Å². The lowest BCUT2D eigenvalue weighted by molar-refractivity contribution is 0.0696. The maximum Gasteiger partial charge on any atom is 0.335 e. The van der Waals surface area contributed by atoms with Gasteiger partial charge in [0.25, 0.3) is 0 Å². The van der Waals surface area contributed by atoms with Crippen molar-refractivity contribution in [3.8, 4) is 0 Å². The molecule has 0 aliphatic rings. The lowest BCUT2D eigenvalue weighted by Crippen LogP contribution is -2.05. The Balaban J connectivity index is 2.41. The molecular formula is C16H17BrN2O2.